The van der Waals surface area contributed by atoms with Crippen molar-refractivity contribution in [1.82, 2.24) is 4.90 Å². The van der Waals surface area contributed by atoms with Crippen molar-refractivity contribution in [2.75, 3.05) is 13.1 Å². The van der Waals surface area contributed by atoms with Gasteiger partial charge in [0.1, 0.15) is 17.3 Å². The Morgan fingerprint density at radius 2 is 1.87 bits per heavy atom. The number of benzene rings is 2. The van der Waals surface area contributed by atoms with Crippen LogP contribution in [-0.2, 0) is 4.79 Å². The fourth-order valence-electron chi connectivity index (χ4n) is 3.45. The highest BCUT2D eigenvalue weighted by atomic mass is 16.5. The van der Waals surface area contributed by atoms with E-state index in [2.05, 4.69) is 18.1 Å². The van der Waals surface area contributed by atoms with Crippen molar-refractivity contribution < 1.29 is 9.53 Å². The summed E-state index contributed by atoms with van der Waals surface area (Å²) < 4.78 is 5.90. The van der Waals surface area contributed by atoms with E-state index in [9.17, 15) is 4.79 Å². The maximum atomic E-state index is 11.7. The lowest BCUT2D eigenvalue weighted by Crippen LogP contribution is -2.35. The minimum absolute atomic E-state index is 0.0905. The highest BCUT2D eigenvalue weighted by Gasteiger charge is 2.20. The predicted octanol–water partition coefficient (Wildman–Crippen LogP) is 3.27. The van der Waals surface area contributed by atoms with Gasteiger partial charge in [0.25, 0.3) is 0 Å². The number of carbonyl (C=O) groups excluding carboxylic acids is 1. The summed E-state index contributed by atoms with van der Waals surface area (Å²) in [7, 11) is 0. The Balaban J connectivity index is 1.77. The molecule has 0 saturated carbocycles. The summed E-state index contributed by atoms with van der Waals surface area (Å²) in [5.41, 5.74) is 15.7. The Labute approximate surface area is 182 Å². The van der Waals surface area contributed by atoms with Crippen LogP contribution in [0.25, 0.3) is 5.70 Å². The first-order chi connectivity index (χ1) is 14.9. The maximum absolute atomic E-state index is 11.7. The van der Waals surface area contributed by atoms with Crippen LogP contribution in [-0.4, -0.2) is 36.2 Å². The summed E-state index contributed by atoms with van der Waals surface area (Å²) in [6.45, 7) is 5.30. The zero-order chi connectivity index (χ0) is 22.4. The van der Waals surface area contributed by atoms with Crippen molar-refractivity contribution >= 4 is 17.8 Å². The molecule has 0 spiro atoms. The molecular weight excluding hydrogens is 390 g/mol. The molecule has 1 heterocycles. The molecule has 0 amide bonds. The third kappa shape index (κ3) is 5.43. The number of rotatable bonds is 6. The third-order valence-corrected chi connectivity index (χ3v) is 5.42. The molecular formula is C24H27N5O2. The Kier molecular flexibility index (Phi) is 6.93. The number of likely N-dealkylation sites (tertiary alicyclic amines) is 1. The van der Waals surface area contributed by atoms with Crippen molar-refractivity contribution in [1.29, 1.82) is 5.26 Å². The largest absolute Gasteiger partial charge is 0.457 e. The van der Waals surface area contributed by atoms with E-state index in [1.807, 2.05) is 25.1 Å². The quantitative estimate of drug-likeness (QED) is 0.245. The molecule has 2 aromatic carbocycles. The average Bonchev–Trinajstić information content (AvgIpc) is 2.77. The van der Waals surface area contributed by atoms with E-state index in [1.165, 1.54) is 5.56 Å². The first-order valence-corrected chi connectivity index (χ1v) is 10.2. The van der Waals surface area contributed by atoms with Crippen LogP contribution in [0.2, 0.25) is 0 Å². The molecule has 0 aliphatic carbocycles. The first-order valence-electron chi connectivity index (χ1n) is 10.2. The molecule has 0 aromatic heterocycles. The number of carbonyl (C=O) groups is 1. The summed E-state index contributed by atoms with van der Waals surface area (Å²) in [5.74, 6) is 1.50. The van der Waals surface area contributed by atoms with E-state index in [-0.39, 0.29) is 23.1 Å². The first kappa shape index (κ1) is 21.9. The van der Waals surface area contributed by atoms with Crippen molar-refractivity contribution in [3.63, 3.8) is 0 Å². The molecule has 1 aliphatic rings. The van der Waals surface area contributed by atoms with Crippen LogP contribution in [0, 0.1) is 25.3 Å². The summed E-state index contributed by atoms with van der Waals surface area (Å²) in [6, 6.07) is 12.9. The number of nitriles is 1. The van der Waals surface area contributed by atoms with Crippen molar-refractivity contribution in [3.8, 4) is 17.7 Å². The van der Waals surface area contributed by atoms with Crippen LogP contribution in [0.15, 0.2) is 53.0 Å². The molecule has 1 fully saturated rings. The zero-order valence-corrected chi connectivity index (χ0v) is 17.8. The summed E-state index contributed by atoms with van der Waals surface area (Å²) in [6.07, 6.45) is 4.42. The van der Waals surface area contributed by atoms with Crippen LogP contribution in [0.5, 0.6) is 11.5 Å². The van der Waals surface area contributed by atoms with Crippen LogP contribution < -0.4 is 16.2 Å². The Bertz CT molecular complexity index is 1050. The Morgan fingerprint density at radius 1 is 1.16 bits per heavy atom. The van der Waals surface area contributed by atoms with Crippen molar-refractivity contribution in [2.24, 2.45) is 16.5 Å². The molecule has 3 rings (SSSR count). The minimum atomic E-state index is -0.134. The maximum Gasteiger partial charge on any atom is 0.179 e. The second-order valence-corrected chi connectivity index (χ2v) is 7.67. The molecule has 160 valence electrons. The van der Waals surface area contributed by atoms with Crippen molar-refractivity contribution in [3.05, 3.63) is 64.7 Å². The number of aryl methyl sites for hydroxylation is 2. The standard InChI is InChI=1S/C24H27N5O2/c1-16-5-8-21(12-17(16)2)31-20-9-6-18(7-10-20)23(26)22(14-30)24(27)28-19-4-3-11-29(13-19)15-25/h5-10,12,14,19H,3-4,11,13,26H2,1-2H3,(H2,27,28)/t19-/m1/s1. The number of aliphatic imine (C=N–C) groups is 1. The predicted molar refractivity (Wildman–Crippen MR) is 121 cm³/mol. The summed E-state index contributed by atoms with van der Waals surface area (Å²) in [5, 5.41) is 9.08. The molecule has 0 bridgehead atoms. The second kappa shape index (κ2) is 9.81. The molecule has 0 unspecified atom stereocenters. The zero-order valence-electron chi connectivity index (χ0n) is 17.8. The van der Waals surface area contributed by atoms with E-state index in [0.717, 1.165) is 30.7 Å². The number of aldehydes is 1. The molecule has 1 atom stereocenters. The summed E-state index contributed by atoms with van der Waals surface area (Å²) >= 11 is 0. The van der Waals surface area contributed by atoms with Gasteiger partial charge in [-0.25, -0.2) is 0 Å². The number of hydrogen-bond donors (Lipinski definition) is 2. The van der Waals surface area contributed by atoms with Crippen LogP contribution in [0.1, 0.15) is 29.5 Å². The van der Waals surface area contributed by atoms with Crippen LogP contribution >= 0.6 is 0 Å². The van der Waals surface area contributed by atoms with Gasteiger partial charge in [-0.05, 0) is 79.8 Å². The SMILES string of the molecule is Cc1ccc(Oc2ccc(C(N)=C(C=O)C(N)=N[C@@H]3CCCN(C#N)C3)cc2)cc1C. The smallest absolute Gasteiger partial charge is 0.179 e. The van der Waals surface area contributed by atoms with Gasteiger partial charge >= 0.3 is 0 Å². The van der Waals surface area contributed by atoms with Gasteiger partial charge < -0.3 is 21.1 Å². The van der Waals surface area contributed by atoms with Gasteiger partial charge in [0.05, 0.1) is 23.9 Å². The lowest BCUT2D eigenvalue weighted by molar-refractivity contribution is -0.104. The van der Waals surface area contributed by atoms with Gasteiger partial charge in [0, 0.05) is 6.54 Å². The van der Waals surface area contributed by atoms with Crippen LogP contribution in [0.4, 0.5) is 0 Å². The normalized spacial score (nSPS) is 17.5. The molecule has 2 aromatic rings. The van der Waals surface area contributed by atoms with Gasteiger partial charge in [0.2, 0.25) is 0 Å². The third-order valence-electron chi connectivity index (χ3n) is 5.42. The number of nitrogens with two attached hydrogens (primary N) is 2. The number of nitrogens with zero attached hydrogens (tertiary/aromatic N) is 3. The molecule has 7 heteroatoms. The van der Waals surface area contributed by atoms with Gasteiger partial charge in [-0.15, -0.1) is 0 Å². The van der Waals surface area contributed by atoms with E-state index < -0.39 is 0 Å². The van der Waals surface area contributed by atoms with E-state index in [1.54, 1.807) is 29.2 Å². The number of ether oxygens (including phenoxy) is 1. The second-order valence-electron chi connectivity index (χ2n) is 7.67. The molecule has 31 heavy (non-hydrogen) atoms. The van der Waals surface area contributed by atoms with Gasteiger partial charge in [-0.3, -0.25) is 9.79 Å². The highest BCUT2D eigenvalue weighted by Crippen LogP contribution is 2.25. The summed E-state index contributed by atoms with van der Waals surface area (Å²) in [4.78, 5) is 17.8. The number of piperidine rings is 1. The fourth-order valence-corrected chi connectivity index (χ4v) is 3.45. The molecule has 0 radical (unpaired) electrons. The van der Waals surface area contributed by atoms with Gasteiger partial charge in [-0.2, -0.15) is 5.26 Å². The topological polar surface area (TPSA) is 118 Å². The van der Waals surface area contributed by atoms with Crippen LogP contribution in [0.3, 0.4) is 0 Å². The number of amidine groups is 1. The lowest BCUT2D eigenvalue weighted by atomic mass is 10.0. The number of hydrogen-bond acceptors (Lipinski definition) is 6. The molecule has 1 saturated heterocycles. The minimum Gasteiger partial charge on any atom is -0.457 e. The monoisotopic (exact) mass is 417 g/mol. The van der Waals surface area contributed by atoms with Crippen molar-refractivity contribution in [2.45, 2.75) is 32.7 Å². The van der Waals surface area contributed by atoms with E-state index in [0.29, 0.717) is 24.1 Å². The molecule has 7 nitrogen and oxygen atoms in total. The lowest BCUT2D eigenvalue weighted by Gasteiger charge is -2.26. The fraction of sp³-hybridized carbons (Fsp3) is 0.292. The Hall–Kier alpha value is -3.79. The average molecular weight is 418 g/mol. The molecule has 4 N–H and O–H groups in total. The van der Waals surface area contributed by atoms with Gasteiger partial charge in [0.15, 0.2) is 12.5 Å². The molecule has 1 aliphatic heterocycles. The van der Waals surface area contributed by atoms with Gasteiger partial charge in [-0.1, -0.05) is 6.07 Å². The Morgan fingerprint density at radius 3 is 2.52 bits per heavy atom. The van der Waals surface area contributed by atoms with E-state index >= 15 is 0 Å². The van der Waals surface area contributed by atoms with E-state index in [4.69, 9.17) is 21.5 Å². The highest BCUT2D eigenvalue weighted by molar-refractivity contribution is 6.18.